The summed E-state index contributed by atoms with van der Waals surface area (Å²) in [7, 11) is 0. The van der Waals surface area contributed by atoms with Gasteiger partial charge in [-0.25, -0.2) is 0 Å². The predicted molar refractivity (Wildman–Crippen MR) is 64.3 cm³/mol. The zero-order valence-corrected chi connectivity index (χ0v) is 9.39. The number of benzene rings is 1. The molecule has 0 amide bonds. The number of rotatable bonds is 3. The molecule has 0 aliphatic carbocycles. The fraction of sp³-hybridized carbons (Fsp3) is 0.231. The van der Waals surface area contributed by atoms with Gasteiger partial charge in [0.1, 0.15) is 0 Å². The number of ether oxygens (including phenoxy) is 1. The molecule has 4 heteroatoms. The first kappa shape index (κ1) is 10.2. The molecule has 3 rings (SSSR count). The van der Waals surface area contributed by atoms with Crippen molar-refractivity contribution in [3.8, 4) is 0 Å². The Labute approximate surface area is 99.7 Å². The van der Waals surface area contributed by atoms with E-state index in [2.05, 4.69) is 33.5 Å². The van der Waals surface area contributed by atoms with Gasteiger partial charge in [0.15, 0.2) is 0 Å². The van der Waals surface area contributed by atoms with Gasteiger partial charge in [-0.3, -0.25) is 9.97 Å². The second-order valence-electron chi connectivity index (χ2n) is 4.03. The highest BCUT2D eigenvalue weighted by molar-refractivity contribution is 5.49. The van der Waals surface area contributed by atoms with Crippen LogP contribution in [-0.2, 0) is 24.5 Å². The lowest BCUT2D eigenvalue weighted by Gasteiger charge is -2.07. The lowest BCUT2D eigenvalue weighted by molar-refractivity contribution is 0.134. The number of hydrogen-bond acceptors (Lipinski definition) is 4. The summed E-state index contributed by atoms with van der Waals surface area (Å²) >= 11 is 0. The van der Waals surface area contributed by atoms with Crippen LogP contribution in [0.25, 0.3) is 0 Å². The molecule has 2 heterocycles. The van der Waals surface area contributed by atoms with Crippen LogP contribution in [0.2, 0.25) is 0 Å². The summed E-state index contributed by atoms with van der Waals surface area (Å²) in [4.78, 5) is 8.25. The molecular weight excluding hydrogens is 214 g/mol. The van der Waals surface area contributed by atoms with E-state index < -0.39 is 0 Å². The van der Waals surface area contributed by atoms with Gasteiger partial charge in [-0.15, -0.1) is 0 Å². The van der Waals surface area contributed by atoms with Crippen LogP contribution in [0.15, 0.2) is 36.8 Å². The highest BCUT2D eigenvalue weighted by Gasteiger charge is 2.10. The molecule has 0 fully saturated rings. The Morgan fingerprint density at radius 2 is 2.12 bits per heavy atom. The fourth-order valence-electron chi connectivity index (χ4n) is 1.90. The molecule has 0 saturated heterocycles. The van der Waals surface area contributed by atoms with Crippen LogP contribution in [0, 0.1) is 0 Å². The molecule has 1 aliphatic heterocycles. The quantitative estimate of drug-likeness (QED) is 0.872. The van der Waals surface area contributed by atoms with Crippen molar-refractivity contribution >= 4 is 5.69 Å². The van der Waals surface area contributed by atoms with E-state index >= 15 is 0 Å². The first-order valence-corrected chi connectivity index (χ1v) is 5.60. The molecule has 4 nitrogen and oxygen atoms in total. The minimum absolute atomic E-state index is 0.688. The van der Waals surface area contributed by atoms with Crippen LogP contribution in [0.5, 0.6) is 0 Å². The summed E-state index contributed by atoms with van der Waals surface area (Å²) in [5.41, 5.74) is 4.59. The average Bonchev–Trinajstić information content (AvgIpc) is 2.85. The van der Waals surface area contributed by atoms with Crippen molar-refractivity contribution in [2.75, 3.05) is 5.32 Å². The van der Waals surface area contributed by atoms with E-state index in [0.717, 1.165) is 24.6 Å². The van der Waals surface area contributed by atoms with E-state index in [9.17, 15) is 0 Å². The van der Waals surface area contributed by atoms with Crippen LogP contribution in [0.1, 0.15) is 16.8 Å². The van der Waals surface area contributed by atoms with Gasteiger partial charge in [0.25, 0.3) is 0 Å². The number of hydrogen-bond donors (Lipinski definition) is 1. The Kier molecular flexibility index (Phi) is 2.71. The van der Waals surface area contributed by atoms with E-state index in [1.54, 1.807) is 18.6 Å². The van der Waals surface area contributed by atoms with Gasteiger partial charge < -0.3 is 10.1 Å². The highest BCUT2D eigenvalue weighted by atomic mass is 16.5. The van der Waals surface area contributed by atoms with Crippen molar-refractivity contribution in [2.24, 2.45) is 0 Å². The maximum absolute atomic E-state index is 5.38. The number of fused-ring (bicyclic) bond motifs is 1. The van der Waals surface area contributed by atoms with Gasteiger partial charge in [0.05, 0.1) is 31.6 Å². The van der Waals surface area contributed by atoms with E-state index in [0.29, 0.717) is 6.54 Å². The zero-order valence-electron chi connectivity index (χ0n) is 9.39. The van der Waals surface area contributed by atoms with Crippen LogP contribution < -0.4 is 5.32 Å². The van der Waals surface area contributed by atoms with Crippen molar-refractivity contribution < 1.29 is 4.74 Å². The molecule has 2 aromatic rings. The van der Waals surface area contributed by atoms with E-state index in [4.69, 9.17) is 4.74 Å². The predicted octanol–water partition coefficient (Wildman–Crippen LogP) is 2.12. The molecule has 0 bridgehead atoms. The van der Waals surface area contributed by atoms with Crippen LogP contribution in [0.3, 0.4) is 0 Å². The summed E-state index contributed by atoms with van der Waals surface area (Å²) in [6.07, 6.45) is 5.15. The van der Waals surface area contributed by atoms with Crippen molar-refractivity contribution in [1.29, 1.82) is 0 Å². The second kappa shape index (κ2) is 4.51. The number of aromatic nitrogens is 2. The Hall–Kier alpha value is -1.94. The topological polar surface area (TPSA) is 47.0 Å². The molecule has 0 radical (unpaired) electrons. The number of anilines is 1. The monoisotopic (exact) mass is 227 g/mol. The van der Waals surface area contributed by atoms with Gasteiger partial charge in [-0.1, -0.05) is 6.07 Å². The summed E-state index contributed by atoms with van der Waals surface area (Å²) in [6, 6.07) is 6.32. The Morgan fingerprint density at radius 1 is 1.18 bits per heavy atom. The van der Waals surface area contributed by atoms with Crippen LogP contribution >= 0.6 is 0 Å². The van der Waals surface area contributed by atoms with Gasteiger partial charge >= 0.3 is 0 Å². The summed E-state index contributed by atoms with van der Waals surface area (Å²) in [5.74, 6) is 0. The second-order valence-corrected chi connectivity index (χ2v) is 4.03. The van der Waals surface area contributed by atoms with Gasteiger partial charge in [0, 0.05) is 18.1 Å². The first-order valence-electron chi connectivity index (χ1n) is 5.60. The Balaban J connectivity index is 1.70. The number of nitrogens with zero attached hydrogens (tertiary/aromatic N) is 2. The highest BCUT2D eigenvalue weighted by Crippen LogP contribution is 2.23. The Morgan fingerprint density at radius 3 is 3.00 bits per heavy atom. The summed E-state index contributed by atoms with van der Waals surface area (Å²) < 4.78 is 5.38. The Bertz CT molecular complexity index is 513. The molecule has 0 atom stereocenters. The lowest BCUT2D eigenvalue weighted by atomic mass is 10.1. The summed E-state index contributed by atoms with van der Waals surface area (Å²) in [6.45, 7) is 2.14. The standard InChI is InChI=1S/C13H13N3O/c1-2-12(5-11-9-17-8-10(1)11)16-7-13-6-14-3-4-15-13/h1-6,16H,7-9H2. The molecule has 17 heavy (non-hydrogen) atoms. The summed E-state index contributed by atoms with van der Waals surface area (Å²) in [5, 5.41) is 3.33. The average molecular weight is 227 g/mol. The largest absolute Gasteiger partial charge is 0.379 e. The minimum atomic E-state index is 0.688. The fourth-order valence-corrected chi connectivity index (χ4v) is 1.90. The van der Waals surface area contributed by atoms with Crippen molar-refractivity contribution in [1.82, 2.24) is 9.97 Å². The van der Waals surface area contributed by atoms with Crippen molar-refractivity contribution in [2.45, 2.75) is 19.8 Å². The smallest absolute Gasteiger partial charge is 0.0777 e. The molecule has 86 valence electrons. The molecule has 1 N–H and O–H groups in total. The molecule has 0 spiro atoms. The third-order valence-corrected chi connectivity index (χ3v) is 2.81. The normalized spacial score (nSPS) is 13.4. The third-order valence-electron chi connectivity index (χ3n) is 2.81. The number of nitrogens with one attached hydrogen (secondary N) is 1. The van der Waals surface area contributed by atoms with Crippen LogP contribution in [0.4, 0.5) is 5.69 Å². The maximum atomic E-state index is 5.38. The van der Waals surface area contributed by atoms with E-state index in [1.807, 2.05) is 0 Å². The molecule has 0 saturated carbocycles. The van der Waals surface area contributed by atoms with Gasteiger partial charge in [-0.05, 0) is 23.3 Å². The molecule has 1 aromatic carbocycles. The first-order chi connectivity index (χ1) is 8.42. The molecular formula is C13H13N3O. The van der Waals surface area contributed by atoms with Gasteiger partial charge in [0.2, 0.25) is 0 Å². The lowest BCUT2D eigenvalue weighted by Crippen LogP contribution is -2.02. The SMILES string of the molecule is c1cnc(CNc2ccc3c(c2)COC3)cn1. The molecule has 1 aromatic heterocycles. The third kappa shape index (κ3) is 2.26. The van der Waals surface area contributed by atoms with E-state index in [1.165, 1.54) is 11.1 Å². The van der Waals surface area contributed by atoms with Crippen molar-refractivity contribution in [3.05, 3.63) is 53.6 Å². The molecule has 1 aliphatic rings. The van der Waals surface area contributed by atoms with Crippen molar-refractivity contribution in [3.63, 3.8) is 0 Å². The zero-order chi connectivity index (χ0) is 11.5. The minimum Gasteiger partial charge on any atom is -0.379 e. The van der Waals surface area contributed by atoms with Crippen LogP contribution in [-0.4, -0.2) is 9.97 Å². The van der Waals surface area contributed by atoms with E-state index in [-0.39, 0.29) is 0 Å². The van der Waals surface area contributed by atoms with Gasteiger partial charge in [-0.2, -0.15) is 0 Å². The molecule has 0 unspecified atom stereocenters. The maximum Gasteiger partial charge on any atom is 0.0777 e.